The van der Waals surface area contributed by atoms with Crippen LogP contribution in [0.1, 0.15) is 12.5 Å². The van der Waals surface area contributed by atoms with E-state index in [-0.39, 0.29) is 0 Å². The number of nitrogens with zero attached hydrogens (tertiary/aromatic N) is 4. The number of aryl methyl sites for hydroxylation is 1. The van der Waals surface area contributed by atoms with Gasteiger partial charge in [0.2, 0.25) is 0 Å². The summed E-state index contributed by atoms with van der Waals surface area (Å²) in [6.45, 7) is 2.02. The number of aromatic nitrogens is 4. The maximum Gasteiger partial charge on any atom is 0.332 e. The van der Waals surface area contributed by atoms with Crippen molar-refractivity contribution < 1.29 is 5.11 Å². The predicted octanol–water partition coefficient (Wildman–Crippen LogP) is 1.61. The van der Waals surface area contributed by atoms with Crippen molar-refractivity contribution in [3.05, 3.63) is 55.7 Å². The van der Waals surface area contributed by atoms with Crippen molar-refractivity contribution in [1.29, 1.82) is 0 Å². The van der Waals surface area contributed by atoms with Crippen molar-refractivity contribution >= 4 is 34.5 Å². The lowest BCUT2D eigenvalue weighted by molar-refractivity contribution is 0.220. The summed E-state index contributed by atoms with van der Waals surface area (Å²) >= 11 is 7.61. The zero-order valence-corrected chi connectivity index (χ0v) is 16.2. The summed E-state index contributed by atoms with van der Waals surface area (Å²) < 4.78 is 4.17. The van der Waals surface area contributed by atoms with Gasteiger partial charge >= 0.3 is 5.69 Å². The fourth-order valence-electron chi connectivity index (χ4n) is 2.68. The number of benzene rings is 1. The molecule has 3 rings (SSSR count). The van der Waals surface area contributed by atoms with Crippen LogP contribution in [0.3, 0.4) is 0 Å². The van der Waals surface area contributed by atoms with Gasteiger partial charge in [0.25, 0.3) is 5.56 Å². The Morgan fingerprint density at radius 1 is 1.23 bits per heavy atom. The minimum atomic E-state index is -0.528. The van der Waals surface area contributed by atoms with Gasteiger partial charge in [0.1, 0.15) is 0 Å². The number of halogens is 1. The monoisotopic (exact) mass is 394 g/mol. The molecule has 9 heteroatoms. The van der Waals surface area contributed by atoms with E-state index in [1.807, 2.05) is 18.2 Å². The van der Waals surface area contributed by atoms with Crippen LogP contribution in [-0.4, -0.2) is 35.6 Å². The molecular formula is C17H19ClN4O3S. The van der Waals surface area contributed by atoms with Crippen molar-refractivity contribution in [3.63, 3.8) is 0 Å². The Bertz CT molecular complexity index is 1080. The lowest BCUT2D eigenvalue weighted by Crippen LogP contribution is -2.37. The zero-order chi connectivity index (χ0) is 19.0. The van der Waals surface area contributed by atoms with E-state index in [0.717, 1.165) is 10.1 Å². The lowest BCUT2D eigenvalue weighted by Gasteiger charge is -2.11. The Kier molecular flexibility index (Phi) is 5.27. The number of hydrogen-bond donors (Lipinski definition) is 1. The number of fused-ring (bicyclic) bond motifs is 1. The molecule has 0 aliphatic heterocycles. The summed E-state index contributed by atoms with van der Waals surface area (Å²) in [5.74, 6) is 0.417. The van der Waals surface area contributed by atoms with Crippen LogP contribution in [0.25, 0.3) is 11.2 Å². The summed E-state index contributed by atoms with van der Waals surface area (Å²) in [5, 5.41) is 10.8. The van der Waals surface area contributed by atoms with Crippen molar-refractivity contribution in [3.8, 4) is 0 Å². The molecule has 1 aromatic carbocycles. The summed E-state index contributed by atoms with van der Waals surface area (Å²) in [6.07, 6.45) is -0.528. The fourth-order valence-corrected chi connectivity index (χ4v) is 3.72. The predicted molar refractivity (Wildman–Crippen MR) is 103 cm³/mol. The molecule has 0 aliphatic carbocycles. The van der Waals surface area contributed by atoms with E-state index in [2.05, 4.69) is 4.98 Å². The minimum absolute atomic E-state index is 0.318. The number of thioether (sulfide) groups is 1. The quantitative estimate of drug-likeness (QED) is 0.665. The Hall–Kier alpha value is -2.03. The molecule has 0 saturated heterocycles. The first kappa shape index (κ1) is 18.8. The molecule has 1 atom stereocenters. The second kappa shape index (κ2) is 7.30. The standard InChI is InChI=1S/C17H19ClN4O3S/c1-10(23)9-26-16-19-14-13(15(24)21(3)17(25)20(14)2)22(16)8-11-6-4-5-7-12(11)18/h4-7,10,23H,8-9H2,1-3H3/t10-/m0/s1. The van der Waals surface area contributed by atoms with Crippen LogP contribution in [-0.2, 0) is 20.6 Å². The molecule has 0 unspecified atom stereocenters. The van der Waals surface area contributed by atoms with E-state index >= 15 is 0 Å². The third-order valence-electron chi connectivity index (χ3n) is 4.05. The first-order valence-corrected chi connectivity index (χ1v) is 9.38. The Morgan fingerprint density at radius 3 is 2.58 bits per heavy atom. The first-order chi connectivity index (χ1) is 12.3. The average molecular weight is 395 g/mol. The number of rotatable bonds is 5. The van der Waals surface area contributed by atoms with Crippen LogP contribution < -0.4 is 11.2 Å². The van der Waals surface area contributed by atoms with Crippen molar-refractivity contribution in [2.24, 2.45) is 14.1 Å². The Labute approximate surface area is 158 Å². The zero-order valence-electron chi connectivity index (χ0n) is 14.6. The minimum Gasteiger partial charge on any atom is -0.393 e. The highest BCUT2D eigenvalue weighted by molar-refractivity contribution is 7.99. The van der Waals surface area contributed by atoms with Gasteiger partial charge in [-0.25, -0.2) is 9.78 Å². The van der Waals surface area contributed by atoms with Crippen LogP contribution in [0.4, 0.5) is 0 Å². The third-order valence-corrected chi connectivity index (χ3v) is 5.64. The molecule has 0 radical (unpaired) electrons. The van der Waals surface area contributed by atoms with Gasteiger partial charge in [-0.1, -0.05) is 41.6 Å². The largest absolute Gasteiger partial charge is 0.393 e. The summed E-state index contributed by atoms with van der Waals surface area (Å²) in [6, 6.07) is 7.37. The van der Waals surface area contributed by atoms with Crippen LogP contribution >= 0.6 is 23.4 Å². The van der Waals surface area contributed by atoms with E-state index in [4.69, 9.17) is 11.6 Å². The first-order valence-electron chi connectivity index (χ1n) is 8.01. The molecule has 0 fully saturated rings. The van der Waals surface area contributed by atoms with Crippen LogP contribution in [0.15, 0.2) is 39.0 Å². The molecule has 1 N–H and O–H groups in total. The number of aliphatic hydroxyl groups excluding tert-OH is 1. The molecular weight excluding hydrogens is 376 g/mol. The van der Waals surface area contributed by atoms with Gasteiger partial charge in [0.15, 0.2) is 16.3 Å². The molecule has 3 aromatic rings. The molecule has 0 spiro atoms. The Morgan fingerprint density at radius 2 is 1.92 bits per heavy atom. The SMILES string of the molecule is C[C@H](O)CSc1nc2c(c(=O)n(C)c(=O)n2C)n1Cc1ccccc1Cl. The van der Waals surface area contributed by atoms with Gasteiger partial charge in [0.05, 0.1) is 12.6 Å². The highest BCUT2D eigenvalue weighted by Crippen LogP contribution is 2.25. The van der Waals surface area contributed by atoms with Crippen LogP contribution in [0, 0.1) is 0 Å². The molecule has 2 aromatic heterocycles. The van der Waals surface area contributed by atoms with Crippen molar-refractivity contribution in [2.45, 2.75) is 24.7 Å². The number of aliphatic hydroxyl groups is 1. The Balaban J connectivity index is 2.26. The van der Waals surface area contributed by atoms with E-state index in [0.29, 0.717) is 33.6 Å². The molecule has 2 heterocycles. The lowest BCUT2D eigenvalue weighted by atomic mass is 10.2. The molecule has 0 bridgehead atoms. The van der Waals surface area contributed by atoms with E-state index < -0.39 is 17.4 Å². The van der Waals surface area contributed by atoms with Gasteiger partial charge in [-0.3, -0.25) is 13.9 Å². The van der Waals surface area contributed by atoms with Gasteiger partial charge in [-0.05, 0) is 18.6 Å². The smallest absolute Gasteiger partial charge is 0.332 e. The van der Waals surface area contributed by atoms with E-state index in [9.17, 15) is 14.7 Å². The highest BCUT2D eigenvalue weighted by atomic mass is 35.5. The number of hydrogen-bond acceptors (Lipinski definition) is 5. The molecule has 138 valence electrons. The maximum absolute atomic E-state index is 12.7. The summed E-state index contributed by atoms with van der Waals surface area (Å²) in [4.78, 5) is 29.5. The van der Waals surface area contributed by atoms with E-state index in [1.165, 1.54) is 23.4 Å². The second-order valence-electron chi connectivity index (χ2n) is 6.11. The van der Waals surface area contributed by atoms with Crippen molar-refractivity contribution in [1.82, 2.24) is 18.7 Å². The van der Waals surface area contributed by atoms with Gasteiger partial charge in [-0.2, -0.15) is 0 Å². The maximum atomic E-state index is 12.7. The number of imidazole rings is 1. The van der Waals surface area contributed by atoms with Crippen LogP contribution in [0.5, 0.6) is 0 Å². The molecule has 0 amide bonds. The molecule has 26 heavy (non-hydrogen) atoms. The fraction of sp³-hybridized carbons (Fsp3) is 0.353. The second-order valence-corrected chi connectivity index (χ2v) is 7.50. The molecule has 0 saturated carbocycles. The molecule has 7 nitrogen and oxygen atoms in total. The topological polar surface area (TPSA) is 82.1 Å². The van der Waals surface area contributed by atoms with Crippen molar-refractivity contribution in [2.75, 3.05) is 5.75 Å². The van der Waals surface area contributed by atoms with E-state index in [1.54, 1.807) is 24.6 Å². The molecule has 0 aliphatic rings. The van der Waals surface area contributed by atoms with Gasteiger partial charge in [0, 0.05) is 24.9 Å². The average Bonchev–Trinajstić information content (AvgIpc) is 2.97. The van der Waals surface area contributed by atoms with Gasteiger partial charge in [-0.15, -0.1) is 0 Å². The van der Waals surface area contributed by atoms with Gasteiger partial charge < -0.3 is 9.67 Å². The summed E-state index contributed by atoms with van der Waals surface area (Å²) in [7, 11) is 3.03. The summed E-state index contributed by atoms with van der Waals surface area (Å²) in [5.41, 5.74) is 0.646. The normalized spacial score (nSPS) is 12.7. The highest BCUT2D eigenvalue weighted by Gasteiger charge is 2.20. The third kappa shape index (κ3) is 3.32. The van der Waals surface area contributed by atoms with Crippen LogP contribution in [0.2, 0.25) is 5.02 Å².